The third kappa shape index (κ3) is 2.42. The third-order valence-electron chi connectivity index (χ3n) is 3.13. The minimum atomic E-state index is 0.482. The van der Waals surface area contributed by atoms with Crippen molar-refractivity contribution in [2.75, 3.05) is 27.1 Å². The predicted molar refractivity (Wildman–Crippen MR) is 76.9 cm³/mol. The van der Waals surface area contributed by atoms with E-state index in [1.807, 2.05) is 12.1 Å². The Labute approximate surface area is 118 Å². The van der Waals surface area contributed by atoms with Crippen molar-refractivity contribution in [3.05, 3.63) is 23.9 Å². The van der Waals surface area contributed by atoms with E-state index in [9.17, 15) is 0 Å². The van der Waals surface area contributed by atoms with Gasteiger partial charge in [0.05, 0.1) is 38.2 Å². The lowest BCUT2D eigenvalue weighted by Gasteiger charge is -2.15. The van der Waals surface area contributed by atoms with E-state index in [0.717, 1.165) is 16.7 Å². The first-order valence-electron chi connectivity index (χ1n) is 6.14. The van der Waals surface area contributed by atoms with Gasteiger partial charge in [-0.2, -0.15) is 5.10 Å². The van der Waals surface area contributed by atoms with Crippen LogP contribution in [-0.4, -0.2) is 31.1 Å². The summed E-state index contributed by atoms with van der Waals surface area (Å²) in [7, 11) is 6.66. The smallest absolute Gasteiger partial charge is 0.130 e. The molecule has 0 radical (unpaired) electrons. The molecule has 0 atom stereocenters. The van der Waals surface area contributed by atoms with E-state index in [1.165, 1.54) is 0 Å². The number of nitrogen functional groups attached to an aromatic ring is 1. The van der Waals surface area contributed by atoms with Gasteiger partial charge in [0.1, 0.15) is 17.3 Å². The summed E-state index contributed by atoms with van der Waals surface area (Å²) in [5, 5.41) is 4.16. The first kappa shape index (κ1) is 14.2. The summed E-state index contributed by atoms with van der Waals surface area (Å²) in [4.78, 5) is 0. The Hall–Kier alpha value is -2.21. The van der Waals surface area contributed by atoms with Crippen molar-refractivity contribution in [1.29, 1.82) is 0 Å². The molecule has 108 valence electrons. The summed E-state index contributed by atoms with van der Waals surface area (Å²) in [6.07, 6.45) is 1.70. The van der Waals surface area contributed by atoms with Crippen LogP contribution in [0.25, 0.3) is 11.1 Å². The number of aryl methyl sites for hydroxylation is 1. The molecule has 0 unspecified atom stereocenters. The molecule has 2 aromatic rings. The number of rotatable bonds is 5. The van der Waals surface area contributed by atoms with Gasteiger partial charge in [-0.05, 0) is 17.7 Å². The molecule has 0 amide bonds. The number of ether oxygens (including phenoxy) is 3. The minimum Gasteiger partial charge on any atom is -0.496 e. The molecule has 2 rings (SSSR count). The first-order chi connectivity index (χ1) is 9.62. The fourth-order valence-electron chi connectivity index (χ4n) is 2.12. The van der Waals surface area contributed by atoms with Crippen LogP contribution >= 0.6 is 0 Å². The van der Waals surface area contributed by atoms with Gasteiger partial charge in [-0.25, -0.2) is 0 Å². The molecule has 0 bridgehead atoms. The van der Waals surface area contributed by atoms with Crippen LogP contribution < -0.4 is 15.2 Å². The van der Waals surface area contributed by atoms with Crippen LogP contribution in [0.2, 0.25) is 0 Å². The van der Waals surface area contributed by atoms with Crippen LogP contribution in [0.1, 0.15) is 5.56 Å². The molecule has 0 spiro atoms. The van der Waals surface area contributed by atoms with Gasteiger partial charge in [0, 0.05) is 14.2 Å². The van der Waals surface area contributed by atoms with Crippen molar-refractivity contribution >= 4 is 5.82 Å². The molecular weight excluding hydrogens is 258 g/mol. The number of hydrogen-bond donors (Lipinski definition) is 1. The van der Waals surface area contributed by atoms with Gasteiger partial charge >= 0.3 is 0 Å². The number of anilines is 1. The largest absolute Gasteiger partial charge is 0.496 e. The molecule has 20 heavy (non-hydrogen) atoms. The van der Waals surface area contributed by atoms with Gasteiger partial charge in [-0.15, -0.1) is 0 Å². The monoisotopic (exact) mass is 277 g/mol. The molecule has 0 saturated heterocycles. The van der Waals surface area contributed by atoms with E-state index < -0.39 is 0 Å². The number of benzene rings is 1. The molecule has 2 N–H and O–H groups in total. The molecular formula is C14H19N3O3. The Morgan fingerprint density at radius 3 is 2.15 bits per heavy atom. The lowest BCUT2D eigenvalue weighted by Crippen LogP contribution is -2.00. The highest BCUT2D eigenvalue weighted by Gasteiger charge is 2.19. The summed E-state index contributed by atoms with van der Waals surface area (Å²) in [5.74, 6) is 1.91. The molecule has 0 aliphatic heterocycles. The van der Waals surface area contributed by atoms with Crippen LogP contribution in [0.4, 0.5) is 5.82 Å². The van der Waals surface area contributed by atoms with Crippen LogP contribution in [0.5, 0.6) is 11.5 Å². The fourth-order valence-corrected chi connectivity index (χ4v) is 2.12. The van der Waals surface area contributed by atoms with Gasteiger partial charge in [0.15, 0.2) is 0 Å². The summed E-state index contributed by atoms with van der Waals surface area (Å²) in [6.45, 7) is 0.482. The first-order valence-corrected chi connectivity index (χ1v) is 6.14. The lowest BCUT2D eigenvalue weighted by atomic mass is 10.0. The number of nitrogens with zero attached hydrogens (tertiary/aromatic N) is 2. The SMILES string of the molecule is COCc1cc(OC)c(-c2cnn(C)c2N)c(OC)c1. The maximum Gasteiger partial charge on any atom is 0.130 e. The Kier molecular flexibility index (Phi) is 4.14. The zero-order chi connectivity index (χ0) is 14.7. The van der Waals surface area contributed by atoms with Crippen LogP contribution in [0, 0.1) is 0 Å². The van der Waals surface area contributed by atoms with Gasteiger partial charge in [-0.1, -0.05) is 0 Å². The van der Waals surface area contributed by atoms with Gasteiger partial charge in [0.25, 0.3) is 0 Å². The van der Waals surface area contributed by atoms with E-state index in [2.05, 4.69) is 5.10 Å². The second kappa shape index (κ2) is 5.83. The van der Waals surface area contributed by atoms with Crippen molar-refractivity contribution < 1.29 is 14.2 Å². The molecule has 0 aliphatic carbocycles. The average molecular weight is 277 g/mol. The third-order valence-corrected chi connectivity index (χ3v) is 3.13. The summed E-state index contributed by atoms with van der Waals surface area (Å²) < 4.78 is 17.7. The van der Waals surface area contributed by atoms with Crippen molar-refractivity contribution in [3.8, 4) is 22.6 Å². The Morgan fingerprint density at radius 2 is 1.75 bits per heavy atom. The maximum absolute atomic E-state index is 6.04. The van der Waals surface area contributed by atoms with E-state index in [0.29, 0.717) is 23.9 Å². The second-order valence-electron chi connectivity index (χ2n) is 4.38. The molecule has 1 aromatic carbocycles. The normalized spacial score (nSPS) is 10.6. The van der Waals surface area contributed by atoms with E-state index in [1.54, 1.807) is 39.3 Å². The molecule has 1 heterocycles. The lowest BCUT2D eigenvalue weighted by molar-refractivity contribution is 0.184. The van der Waals surface area contributed by atoms with E-state index >= 15 is 0 Å². The molecule has 0 saturated carbocycles. The molecule has 0 fully saturated rings. The molecule has 0 aliphatic rings. The average Bonchev–Trinajstić information content (AvgIpc) is 2.78. The van der Waals surface area contributed by atoms with E-state index in [-0.39, 0.29) is 0 Å². The molecule has 1 aromatic heterocycles. The zero-order valence-electron chi connectivity index (χ0n) is 12.1. The summed E-state index contributed by atoms with van der Waals surface area (Å²) >= 11 is 0. The fraction of sp³-hybridized carbons (Fsp3) is 0.357. The van der Waals surface area contributed by atoms with Gasteiger partial charge < -0.3 is 19.9 Å². The Balaban J connectivity index is 2.64. The topological polar surface area (TPSA) is 71.5 Å². The Bertz CT molecular complexity index is 583. The number of aromatic nitrogens is 2. The second-order valence-corrected chi connectivity index (χ2v) is 4.38. The van der Waals surface area contributed by atoms with E-state index in [4.69, 9.17) is 19.9 Å². The van der Waals surface area contributed by atoms with Crippen LogP contribution in [0.15, 0.2) is 18.3 Å². The summed E-state index contributed by atoms with van der Waals surface area (Å²) in [6, 6.07) is 3.82. The predicted octanol–water partition coefficient (Wildman–Crippen LogP) is 1.83. The standard InChI is InChI=1S/C14H19N3O3/c1-17-14(15)10(7-16-17)13-11(19-3)5-9(8-18-2)6-12(13)20-4/h5-7H,8,15H2,1-4H3. The quantitative estimate of drug-likeness (QED) is 0.902. The van der Waals surface area contributed by atoms with Crippen molar-refractivity contribution in [2.24, 2.45) is 7.05 Å². The van der Waals surface area contributed by atoms with Crippen molar-refractivity contribution in [3.63, 3.8) is 0 Å². The Morgan fingerprint density at radius 1 is 1.15 bits per heavy atom. The zero-order valence-corrected chi connectivity index (χ0v) is 12.1. The summed E-state index contributed by atoms with van der Waals surface area (Å²) in [5.41, 5.74) is 8.58. The molecule has 6 nitrogen and oxygen atoms in total. The maximum atomic E-state index is 6.04. The highest BCUT2D eigenvalue weighted by Crippen LogP contribution is 2.41. The van der Waals surface area contributed by atoms with Crippen LogP contribution in [-0.2, 0) is 18.4 Å². The number of nitrogens with two attached hydrogens (primary N) is 1. The number of hydrogen-bond acceptors (Lipinski definition) is 5. The van der Waals surface area contributed by atoms with Crippen molar-refractivity contribution in [1.82, 2.24) is 9.78 Å². The van der Waals surface area contributed by atoms with Crippen LogP contribution in [0.3, 0.4) is 0 Å². The van der Waals surface area contributed by atoms with Gasteiger partial charge in [0.2, 0.25) is 0 Å². The number of methoxy groups -OCH3 is 3. The van der Waals surface area contributed by atoms with Gasteiger partial charge in [-0.3, -0.25) is 4.68 Å². The molecule has 6 heteroatoms. The minimum absolute atomic E-state index is 0.482. The highest BCUT2D eigenvalue weighted by atomic mass is 16.5. The highest BCUT2D eigenvalue weighted by molar-refractivity contribution is 5.83. The van der Waals surface area contributed by atoms with Crippen molar-refractivity contribution in [2.45, 2.75) is 6.61 Å².